The summed E-state index contributed by atoms with van der Waals surface area (Å²) < 4.78 is 5.05. The predicted octanol–water partition coefficient (Wildman–Crippen LogP) is 2.86. The van der Waals surface area contributed by atoms with Crippen molar-refractivity contribution >= 4 is 34.6 Å². The number of hydrogen-bond donors (Lipinski definition) is 2. The molecule has 7 nitrogen and oxygen atoms in total. The van der Waals surface area contributed by atoms with Crippen LogP contribution >= 0.6 is 11.8 Å². The molecular weight excluding hydrogens is 326 g/mol. The fourth-order valence-electron chi connectivity index (χ4n) is 2.21. The van der Waals surface area contributed by atoms with E-state index < -0.39 is 5.97 Å². The van der Waals surface area contributed by atoms with Crippen molar-refractivity contribution in [3.05, 3.63) is 41.9 Å². The molecule has 2 N–H and O–H groups in total. The van der Waals surface area contributed by atoms with Crippen LogP contribution in [0.5, 0.6) is 0 Å². The summed E-state index contributed by atoms with van der Waals surface area (Å²) in [6.07, 6.45) is 3.36. The molecule has 3 rings (SSSR count). The number of rotatable bonds is 6. The van der Waals surface area contributed by atoms with Gasteiger partial charge in [-0.2, -0.15) is 0 Å². The van der Waals surface area contributed by atoms with Gasteiger partial charge in [0.2, 0.25) is 0 Å². The van der Waals surface area contributed by atoms with E-state index in [4.69, 9.17) is 4.74 Å². The van der Waals surface area contributed by atoms with Crippen molar-refractivity contribution in [2.24, 2.45) is 0 Å². The second-order valence-corrected chi connectivity index (χ2v) is 5.67. The van der Waals surface area contributed by atoms with Gasteiger partial charge in [0, 0.05) is 6.20 Å². The molecule has 3 aromatic rings. The lowest BCUT2D eigenvalue weighted by atomic mass is 10.3. The molecule has 1 aromatic carbocycles. The summed E-state index contributed by atoms with van der Waals surface area (Å²) in [4.78, 5) is 28.3. The van der Waals surface area contributed by atoms with E-state index in [1.165, 1.54) is 18.0 Å². The lowest BCUT2D eigenvalue weighted by Crippen LogP contribution is -2.13. The third-order valence-electron chi connectivity index (χ3n) is 3.31. The minimum Gasteiger partial charge on any atom is -0.462 e. The lowest BCUT2D eigenvalue weighted by Gasteiger charge is -2.10. The third kappa shape index (κ3) is 3.48. The van der Waals surface area contributed by atoms with Gasteiger partial charge in [0.1, 0.15) is 17.2 Å². The molecule has 2 aromatic heterocycles. The average molecular weight is 343 g/mol. The number of nitrogens with one attached hydrogen (secondary N) is 2. The van der Waals surface area contributed by atoms with E-state index in [1.54, 1.807) is 6.92 Å². The minimum atomic E-state index is -0.447. The van der Waals surface area contributed by atoms with Crippen LogP contribution in [-0.4, -0.2) is 38.8 Å². The topological polar surface area (TPSA) is 92.8 Å². The quantitative estimate of drug-likeness (QED) is 0.404. The van der Waals surface area contributed by atoms with Gasteiger partial charge >= 0.3 is 5.97 Å². The van der Waals surface area contributed by atoms with Crippen LogP contribution in [0.4, 0.5) is 5.82 Å². The third-order valence-corrected chi connectivity index (χ3v) is 3.87. The molecule has 0 saturated heterocycles. The van der Waals surface area contributed by atoms with Crippen LogP contribution in [0.25, 0.3) is 11.0 Å². The van der Waals surface area contributed by atoms with Gasteiger partial charge in [-0.25, -0.2) is 19.7 Å². The molecule has 0 spiro atoms. The van der Waals surface area contributed by atoms with E-state index in [2.05, 4.69) is 25.3 Å². The number of para-hydroxylation sites is 2. The monoisotopic (exact) mass is 343 g/mol. The Morgan fingerprint density at radius 2 is 2.17 bits per heavy atom. The molecule has 8 heteroatoms. The molecule has 0 atom stereocenters. The smallest absolute Gasteiger partial charge is 0.343 e. The van der Waals surface area contributed by atoms with E-state index in [1.807, 2.05) is 30.5 Å². The number of imidazole rings is 1. The van der Waals surface area contributed by atoms with Gasteiger partial charge in [-0.15, -0.1) is 0 Å². The normalized spacial score (nSPS) is 10.8. The van der Waals surface area contributed by atoms with Crippen LogP contribution in [-0.2, 0) is 11.3 Å². The summed E-state index contributed by atoms with van der Waals surface area (Å²) in [5.74, 6) is 0.751. The molecule has 24 heavy (non-hydrogen) atoms. The van der Waals surface area contributed by atoms with E-state index >= 15 is 0 Å². The molecular formula is C16H17N5O2S. The number of fused-ring (bicyclic) bond motifs is 1. The number of esters is 1. The Morgan fingerprint density at radius 1 is 1.33 bits per heavy atom. The Kier molecular flexibility index (Phi) is 4.95. The zero-order valence-electron chi connectivity index (χ0n) is 13.4. The Hall–Kier alpha value is -2.61. The number of aromatic amines is 1. The second kappa shape index (κ2) is 7.31. The highest BCUT2D eigenvalue weighted by molar-refractivity contribution is 7.98. The SMILES string of the molecule is CCOC(=O)c1cnc(SC)nc1NCc1nc2ccccc2[nH]1. The first-order valence-electron chi connectivity index (χ1n) is 7.47. The van der Waals surface area contributed by atoms with Gasteiger partial charge in [-0.05, 0) is 25.3 Å². The average Bonchev–Trinajstić information content (AvgIpc) is 3.02. The fourth-order valence-corrected chi connectivity index (χ4v) is 2.55. The largest absolute Gasteiger partial charge is 0.462 e. The maximum Gasteiger partial charge on any atom is 0.343 e. The molecule has 124 valence electrons. The van der Waals surface area contributed by atoms with Gasteiger partial charge < -0.3 is 15.0 Å². The Morgan fingerprint density at radius 3 is 2.92 bits per heavy atom. The zero-order valence-corrected chi connectivity index (χ0v) is 14.2. The summed E-state index contributed by atoms with van der Waals surface area (Å²) in [5.41, 5.74) is 2.17. The van der Waals surface area contributed by atoms with Crippen molar-refractivity contribution in [1.82, 2.24) is 19.9 Å². The molecule has 0 aliphatic carbocycles. The highest BCUT2D eigenvalue weighted by Gasteiger charge is 2.16. The number of thioether (sulfide) groups is 1. The summed E-state index contributed by atoms with van der Waals surface area (Å²) >= 11 is 1.40. The molecule has 0 aliphatic heterocycles. The molecule has 0 aliphatic rings. The maximum atomic E-state index is 12.0. The van der Waals surface area contributed by atoms with Gasteiger partial charge in [0.05, 0.1) is 24.2 Å². The molecule has 0 bridgehead atoms. The minimum absolute atomic E-state index is 0.298. The Bertz CT molecular complexity index is 832. The van der Waals surface area contributed by atoms with Crippen LogP contribution in [0.1, 0.15) is 23.1 Å². The summed E-state index contributed by atoms with van der Waals surface area (Å²) in [7, 11) is 0. The molecule has 0 saturated carbocycles. The summed E-state index contributed by atoms with van der Waals surface area (Å²) in [6, 6.07) is 7.79. The van der Waals surface area contributed by atoms with E-state index in [0.29, 0.717) is 29.7 Å². The number of H-pyrrole nitrogens is 1. The number of benzene rings is 1. The second-order valence-electron chi connectivity index (χ2n) is 4.89. The van der Waals surface area contributed by atoms with Crippen molar-refractivity contribution in [3.63, 3.8) is 0 Å². The Balaban J connectivity index is 1.83. The number of carbonyl (C=O) groups is 1. The van der Waals surface area contributed by atoms with Gasteiger partial charge in [0.15, 0.2) is 5.16 Å². The first kappa shape index (κ1) is 16.3. The van der Waals surface area contributed by atoms with Crippen LogP contribution < -0.4 is 5.32 Å². The van der Waals surface area contributed by atoms with Crippen molar-refractivity contribution in [1.29, 1.82) is 0 Å². The van der Waals surface area contributed by atoms with E-state index in [0.717, 1.165) is 16.9 Å². The number of hydrogen-bond acceptors (Lipinski definition) is 7. The standard InChI is InChI=1S/C16H17N5O2S/c1-3-23-15(22)10-8-18-16(24-2)21-14(10)17-9-13-19-11-6-4-5-7-12(11)20-13/h4-8H,3,9H2,1-2H3,(H,19,20)(H,17,18,21). The number of anilines is 1. The van der Waals surface area contributed by atoms with Gasteiger partial charge in [0.25, 0.3) is 0 Å². The van der Waals surface area contributed by atoms with Crippen LogP contribution in [0.15, 0.2) is 35.6 Å². The highest BCUT2D eigenvalue weighted by atomic mass is 32.2. The number of nitrogens with zero attached hydrogens (tertiary/aromatic N) is 3. The fraction of sp³-hybridized carbons (Fsp3) is 0.250. The van der Waals surface area contributed by atoms with Gasteiger partial charge in [-0.1, -0.05) is 23.9 Å². The van der Waals surface area contributed by atoms with Crippen molar-refractivity contribution in [2.75, 3.05) is 18.2 Å². The molecule has 2 heterocycles. The van der Waals surface area contributed by atoms with Crippen molar-refractivity contribution in [2.45, 2.75) is 18.6 Å². The summed E-state index contributed by atoms with van der Waals surface area (Å²) in [5, 5.41) is 3.72. The molecule has 0 radical (unpaired) electrons. The van der Waals surface area contributed by atoms with Gasteiger partial charge in [-0.3, -0.25) is 0 Å². The maximum absolute atomic E-state index is 12.0. The summed E-state index contributed by atoms with van der Waals surface area (Å²) in [6.45, 7) is 2.47. The first-order chi connectivity index (χ1) is 11.7. The van der Waals surface area contributed by atoms with Crippen LogP contribution in [0, 0.1) is 0 Å². The first-order valence-corrected chi connectivity index (χ1v) is 8.69. The number of aromatic nitrogens is 4. The van der Waals surface area contributed by atoms with Crippen LogP contribution in [0.3, 0.4) is 0 Å². The molecule has 0 fully saturated rings. The number of ether oxygens (including phenoxy) is 1. The highest BCUT2D eigenvalue weighted by Crippen LogP contribution is 2.19. The van der Waals surface area contributed by atoms with Crippen molar-refractivity contribution in [3.8, 4) is 0 Å². The predicted molar refractivity (Wildman–Crippen MR) is 93.2 cm³/mol. The van der Waals surface area contributed by atoms with E-state index in [-0.39, 0.29) is 0 Å². The van der Waals surface area contributed by atoms with Crippen LogP contribution in [0.2, 0.25) is 0 Å². The zero-order chi connectivity index (χ0) is 16.9. The van der Waals surface area contributed by atoms with Crippen molar-refractivity contribution < 1.29 is 9.53 Å². The molecule has 0 amide bonds. The molecule has 0 unspecified atom stereocenters. The lowest BCUT2D eigenvalue weighted by molar-refractivity contribution is 0.0526. The number of carbonyl (C=O) groups excluding carboxylic acids is 1. The van der Waals surface area contributed by atoms with E-state index in [9.17, 15) is 4.79 Å². The Labute approximate surface area is 143 Å².